The van der Waals surface area contributed by atoms with Crippen LogP contribution in [0.25, 0.3) is 32.7 Å². The largest absolute Gasteiger partial charge is 0.496 e. The molecule has 0 amide bonds. The molecule has 4 aromatic rings. The maximum atomic E-state index is 6.51. The molecule has 0 radical (unpaired) electrons. The molecule has 0 atom stereocenters. The van der Waals surface area contributed by atoms with Gasteiger partial charge < -0.3 is 9.31 Å². The molecular weight excluding hydrogens is 355 g/mol. The molecule has 2 nitrogen and oxygen atoms in total. The Balaban J connectivity index is 1.81. The summed E-state index contributed by atoms with van der Waals surface area (Å²) in [7, 11) is -0.417. The molecule has 1 saturated heterocycles. The van der Waals surface area contributed by atoms with Crippen molar-refractivity contribution in [3.05, 3.63) is 78.9 Å². The van der Waals surface area contributed by atoms with Crippen molar-refractivity contribution in [1.82, 2.24) is 0 Å². The van der Waals surface area contributed by atoms with Gasteiger partial charge in [0.05, 0.1) is 11.2 Å². The molecule has 4 aromatic carbocycles. The van der Waals surface area contributed by atoms with Crippen molar-refractivity contribution in [2.45, 2.75) is 38.9 Å². The van der Waals surface area contributed by atoms with Crippen LogP contribution in [0.15, 0.2) is 78.9 Å². The molecule has 29 heavy (non-hydrogen) atoms. The summed E-state index contributed by atoms with van der Waals surface area (Å²) in [5, 5.41) is 4.85. The van der Waals surface area contributed by atoms with Crippen molar-refractivity contribution < 1.29 is 9.31 Å². The van der Waals surface area contributed by atoms with Gasteiger partial charge in [0.1, 0.15) is 0 Å². The lowest BCUT2D eigenvalue weighted by Gasteiger charge is -2.32. The van der Waals surface area contributed by atoms with Crippen molar-refractivity contribution in [2.24, 2.45) is 0 Å². The molecule has 0 spiro atoms. The summed E-state index contributed by atoms with van der Waals surface area (Å²) in [5.41, 5.74) is 2.71. The van der Waals surface area contributed by atoms with Crippen LogP contribution in [-0.4, -0.2) is 18.3 Å². The van der Waals surface area contributed by atoms with E-state index in [0.29, 0.717) is 0 Å². The van der Waals surface area contributed by atoms with Gasteiger partial charge in [-0.15, -0.1) is 0 Å². The highest BCUT2D eigenvalue weighted by molar-refractivity contribution is 6.67. The Hall–Kier alpha value is -2.62. The highest BCUT2D eigenvalue weighted by atomic mass is 16.7. The van der Waals surface area contributed by atoms with Gasteiger partial charge in [-0.1, -0.05) is 78.9 Å². The summed E-state index contributed by atoms with van der Waals surface area (Å²) < 4.78 is 13.0. The van der Waals surface area contributed by atoms with Crippen molar-refractivity contribution in [2.75, 3.05) is 0 Å². The van der Waals surface area contributed by atoms with Crippen molar-refractivity contribution in [3.63, 3.8) is 0 Å². The summed E-state index contributed by atoms with van der Waals surface area (Å²) >= 11 is 0. The smallest absolute Gasteiger partial charge is 0.399 e. The van der Waals surface area contributed by atoms with E-state index < -0.39 is 7.12 Å². The van der Waals surface area contributed by atoms with Crippen molar-refractivity contribution in [1.29, 1.82) is 0 Å². The van der Waals surface area contributed by atoms with Crippen LogP contribution in [0.2, 0.25) is 0 Å². The topological polar surface area (TPSA) is 18.5 Å². The van der Waals surface area contributed by atoms with E-state index in [1.165, 1.54) is 32.7 Å². The van der Waals surface area contributed by atoms with Gasteiger partial charge in [0.2, 0.25) is 0 Å². The lowest BCUT2D eigenvalue weighted by molar-refractivity contribution is 0.00578. The molecular formula is C26H25BO2. The van der Waals surface area contributed by atoms with Crippen molar-refractivity contribution >= 4 is 34.1 Å². The summed E-state index contributed by atoms with van der Waals surface area (Å²) in [5.74, 6) is 0. The van der Waals surface area contributed by atoms with Gasteiger partial charge in [-0.25, -0.2) is 0 Å². The summed E-state index contributed by atoms with van der Waals surface area (Å²) in [6, 6.07) is 27.9. The Kier molecular flexibility index (Phi) is 4.09. The third-order valence-electron chi connectivity index (χ3n) is 6.54. The molecule has 0 aromatic heterocycles. The third kappa shape index (κ3) is 2.88. The molecule has 1 aliphatic heterocycles. The standard InChI is InChI=1S/C26H25BO2/c1-25(2)26(3,4)29-27(28-25)24-21-14-8-6-11-19(21)16-17-23(24)22-15-9-12-18-10-5-7-13-20(18)22/h5-17H,1-4H3. The highest BCUT2D eigenvalue weighted by Crippen LogP contribution is 2.39. The number of hydrogen-bond donors (Lipinski definition) is 0. The van der Waals surface area contributed by atoms with Gasteiger partial charge in [-0.05, 0) is 65.8 Å². The Morgan fingerprint density at radius 2 is 1.10 bits per heavy atom. The Morgan fingerprint density at radius 1 is 0.552 bits per heavy atom. The highest BCUT2D eigenvalue weighted by Gasteiger charge is 2.52. The average molecular weight is 380 g/mol. The summed E-state index contributed by atoms with van der Waals surface area (Å²) in [6.45, 7) is 8.43. The van der Waals surface area contributed by atoms with Crippen LogP contribution in [0.5, 0.6) is 0 Å². The molecule has 0 aliphatic carbocycles. The van der Waals surface area contributed by atoms with Crippen LogP contribution in [0.3, 0.4) is 0 Å². The minimum absolute atomic E-state index is 0.384. The minimum Gasteiger partial charge on any atom is -0.399 e. The first kappa shape index (κ1) is 18.4. The number of hydrogen-bond acceptors (Lipinski definition) is 2. The number of rotatable bonds is 2. The average Bonchev–Trinajstić information content (AvgIpc) is 2.93. The van der Waals surface area contributed by atoms with Gasteiger partial charge in [0.15, 0.2) is 0 Å². The van der Waals surface area contributed by atoms with Crippen molar-refractivity contribution in [3.8, 4) is 11.1 Å². The maximum absolute atomic E-state index is 6.51. The molecule has 0 unspecified atom stereocenters. The summed E-state index contributed by atoms with van der Waals surface area (Å²) in [4.78, 5) is 0. The number of benzene rings is 4. The second-order valence-electron chi connectivity index (χ2n) is 8.86. The van der Waals surface area contributed by atoms with E-state index in [1.807, 2.05) is 0 Å². The zero-order valence-electron chi connectivity index (χ0n) is 17.4. The fourth-order valence-electron chi connectivity index (χ4n) is 4.21. The fourth-order valence-corrected chi connectivity index (χ4v) is 4.21. The number of fused-ring (bicyclic) bond motifs is 2. The molecule has 1 fully saturated rings. The molecule has 1 aliphatic rings. The van der Waals surface area contributed by atoms with E-state index in [-0.39, 0.29) is 11.2 Å². The van der Waals surface area contributed by atoms with E-state index >= 15 is 0 Å². The SMILES string of the molecule is CC1(C)OB(c2c(-c3cccc4ccccc34)ccc3ccccc23)OC1(C)C. The quantitative estimate of drug-likeness (QED) is 0.400. The molecule has 5 rings (SSSR count). The van der Waals surface area contributed by atoms with Gasteiger partial charge >= 0.3 is 7.12 Å². The second kappa shape index (κ2) is 6.45. The monoisotopic (exact) mass is 380 g/mol. The normalized spacial score (nSPS) is 17.9. The van der Waals surface area contributed by atoms with E-state index in [9.17, 15) is 0 Å². The van der Waals surface area contributed by atoms with Crippen LogP contribution in [0.4, 0.5) is 0 Å². The zero-order valence-corrected chi connectivity index (χ0v) is 17.4. The summed E-state index contributed by atoms with van der Waals surface area (Å²) in [6.07, 6.45) is 0. The first-order valence-electron chi connectivity index (χ1n) is 10.2. The lowest BCUT2D eigenvalue weighted by atomic mass is 9.71. The molecule has 0 saturated carbocycles. The molecule has 1 heterocycles. The van der Waals surface area contributed by atoms with Crippen LogP contribution >= 0.6 is 0 Å². The van der Waals surface area contributed by atoms with E-state index in [1.54, 1.807) is 0 Å². The fraction of sp³-hybridized carbons (Fsp3) is 0.231. The van der Waals surface area contributed by atoms with E-state index in [0.717, 1.165) is 5.46 Å². The zero-order chi connectivity index (χ0) is 20.2. The predicted octanol–water partition coefficient (Wildman–Crippen LogP) is 5.96. The predicted molar refractivity (Wildman–Crippen MR) is 123 cm³/mol. The van der Waals surface area contributed by atoms with Crippen LogP contribution in [0.1, 0.15) is 27.7 Å². The van der Waals surface area contributed by atoms with Crippen LogP contribution < -0.4 is 5.46 Å². The molecule has 0 bridgehead atoms. The van der Waals surface area contributed by atoms with Crippen LogP contribution in [0, 0.1) is 0 Å². The van der Waals surface area contributed by atoms with Gasteiger partial charge in [-0.2, -0.15) is 0 Å². The second-order valence-corrected chi connectivity index (χ2v) is 8.86. The first-order chi connectivity index (χ1) is 13.9. The van der Waals surface area contributed by atoms with Gasteiger partial charge in [0.25, 0.3) is 0 Å². The Labute approximate surface area is 172 Å². The molecule has 144 valence electrons. The minimum atomic E-state index is -0.417. The Morgan fingerprint density at radius 3 is 1.79 bits per heavy atom. The molecule has 0 N–H and O–H groups in total. The van der Waals surface area contributed by atoms with Gasteiger partial charge in [0, 0.05) is 0 Å². The lowest BCUT2D eigenvalue weighted by Crippen LogP contribution is -2.41. The van der Waals surface area contributed by atoms with E-state index in [2.05, 4.69) is 107 Å². The Bertz CT molecular complexity index is 1200. The van der Waals surface area contributed by atoms with Gasteiger partial charge in [-0.3, -0.25) is 0 Å². The first-order valence-corrected chi connectivity index (χ1v) is 10.2. The van der Waals surface area contributed by atoms with E-state index in [4.69, 9.17) is 9.31 Å². The maximum Gasteiger partial charge on any atom is 0.496 e. The third-order valence-corrected chi connectivity index (χ3v) is 6.54. The van der Waals surface area contributed by atoms with Crippen LogP contribution in [-0.2, 0) is 9.31 Å². The molecule has 3 heteroatoms.